The van der Waals surface area contributed by atoms with Gasteiger partial charge in [0.05, 0.1) is 23.4 Å². The van der Waals surface area contributed by atoms with E-state index in [1.54, 1.807) is 0 Å². The number of likely N-dealkylation sites (tertiary alicyclic amines) is 1. The minimum absolute atomic E-state index is 0.00557. The highest BCUT2D eigenvalue weighted by Crippen LogP contribution is 2.35. The van der Waals surface area contributed by atoms with Crippen LogP contribution in [-0.4, -0.2) is 74.0 Å². The fourth-order valence-electron chi connectivity index (χ4n) is 4.59. The number of pyridine rings is 1. The van der Waals surface area contributed by atoms with Gasteiger partial charge in [0.25, 0.3) is 5.91 Å². The van der Waals surface area contributed by atoms with Crippen LogP contribution in [0.5, 0.6) is 5.75 Å². The zero-order valence-electron chi connectivity index (χ0n) is 26.2. The molecule has 45 heavy (non-hydrogen) atoms. The number of hydrogen-bond acceptors (Lipinski definition) is 9. The molecule has 5 rings (SSSR count). The van der Waals surface area contributed by atoms with Gasteiger partial charge < -0.3 is 30.9 Å². The van der Waals surface area contributed by atoms with E-state index in [-0.39, 0.29) is 46.8 Å². The lowest BCUT2D eigenvalue weighted by molar-refractivity contribution is -0.0677. The van der Waals surface area contributed by atoms with Gasteiger partial charge in [0.2, 0.25) is 0 Å². The Balaban J connectivity index is 0.000000291. The quantitative estimate of drug-likeness (QED) is 0.336. The molecule has 0 radical (unpaired) electrons. The van der Waals surface area contributed by atoms with Crippen molar-refractivity contribution in [3.63, 3.8) is 0 Å². The normalized spacial score (nSPS) is 17.2. The number of fused-ring (bicyclic) bond motifs is 1. The zero-order valence-corrected chi connectivity index (χ0v) is 26.2. The van der Waals surface area contributed by atoms with Crippen molar-refractivity contribution in [2.24, 2.45) is 5.73 Å². The van der Waals surface area contributed by atoms with Gasteiger partial charge in [-0.3, -0.25) is 4.79 Å². The van der Waals surface area contributed by atoms with Crippen molar-refractivity contribution < 1.29 is 37.3 Å². The molecule has 1 unspecified atom stereocenters. The van der Waals surface area contributed by atoms with Crippen molar-refractivity contribution >= 4 is 28.9 Å². The average Bonchev–Trinajstić information content (AvgIpc) is 2.96. The molecule has 1 aliphatic heterocycles. The standard InChI is InChI=1S/C19H17F2N5O3.C10H18FNO2.C2H6/c20-11-4-9(5-12(21)16(11)29-7-19(28)2-1-3-19)13-6-10(18(23)27)14-15(26-13)17(22)25-8-24-14;1-10(2,3)14-9(13)12-6-4-5-8(11)7-12;1-2/h4-6,8,28H,1-3,7H2,(H2,23,27)(H2,22,24,25);8H,4-7H2,1-3H3;1-2H3. The topological polar surface area (TPSA) is 167 Å². The number of benzene rings is 1. The summed E-state index contributed by atoms with van der Waals surface area (Å²) in [7, 11) is 0. The van der Waals surface area contributed by atoms with E-state index < -0.39 is 46.8 Å². The molecule has 1 aliphatic carbocycles. The van der Waals surface area contributed by atoms with Crippen LogP contribution in [-0.2, 0) is 4.74 Å². The highest BCUT2D eigenvalue weighted by atomic mass is 19.1. The predicted octanol–water partition coefficient (Wildman–Crippen LogP) is 5.33. The number of piperidine rings is 1. The number of carbonyl (C=O) groups is 2. The van der Waals surface area contributed by atoms with Gasteiger partial charge in [-0.25, -0.2) is 32.9 Å². The Hall–Kier alpha value is -4.20. The number of alkyl halides is 1. The first-order valence-electron chi connectivity index (χ1n) is 14.8. The van der Waals surface area contributed by atoms with Crippen molar-refractivity contribution in [3.05, 3.63) is 41.7 Å². The fourth-order valence-corrected chi connectivity index (χ4v) is 4.59. The van der Waals surface area contributed by atoms with Crippen LogP contribution < -0.4 is 16.2 Å². The monoisotopic (exact) mass is 634 g/mol. The van der Waals surface area contributed by atoms with Gasteiger partial charge in [-0.15, -0.1) is 0 Å². The number of aliphatic hydroxyl groups is 1. The Morgan fingerprint density at radius 3 is 2.27 bits per heavy atom. The largest absolute Gasteiger partial charge is 0.485 e. The molecule has 5 N–H and O–H groups in total. The zero-order chi connectivity index (χ0) is 33.5. The predicted molar refractivity (Wildman–Crippen MR) is 163 cm³/mol. The third-order valence-corrected chi connectivity index (χ3v) is 6.96. The molecule has 11 nitrogen and oxygen atoms in total. The van der Waals surface area contributed by atoms with Crippen LogP contribution in [0.15, 0.2) is 24.5 Å². The number of halogens is 3. The van der Waals surface area contributed by atoms with Crippen LogP contribution in [0.2, 0.25) is 0 Å². The highest BCUT2D eigenvalue weighted by molar-refractivity contribution is 6.06. The Bertz CT molecular complexity index is 1490. The maximum Gasteiger partial charge on any atom is 0.410 e. The molecule has 1 saturated heterocycles. The summed E-state index contributed by atoms with van der Waals surface area (Å²) in [5.41, 5.74) is 9.98. The van der Waals surface area contributed by atoms with E-state index in [0.717, 1.165) is 31.3 Å². The van der Waals surface area contributed by atoms with Crippen molar-refractivity contribution in [2.75, 3.05) is 25.4 Å². The summed E-state index contributed by atoms with van der Waals surface area (Å²) in [6.45, 7) is 10.0. The lowest BCUT2D eigenvalue weighted by Crippen LogP contribution is -2.43. The van der Waals surface area contributed by atoms with E-state index in [2.05, 4.69) is 15.0 Å². The Morgan fingerprint density at radius 2 is 1.73 bits per heavy atom. The molecule has 1 aromatic carbocycles. The van der Waals surface area contributed by atoms with Crippen molar-refractivity contribution in [1.29, 1.82) is 0 Å². The van der Waals surface area contributed by atoms with Gasteiger partial charge in [-0.1, -0.05) is 13.8 Å². The molecular formula is C31H41F3N6O5. The van der Waals surface area contributed by atoms with Crippen molar-refractivity contribution in [3.8, 4) is 17.0 Å². The third kappa shape index (κ3) is 9.16. The van der Waals surface area contributed by atoms with Gasteiger partial charge in [0.15, 0.2) is 23.2 Å². The highest BCUT2D eigenvalue weighted by Gasteiger charge is 2.36. The van der Waals surface area contributed by atoms with E-state index in [1.165, 1.54) is 11.0 Å². The number of aromatic nitrogens is 3. The molecule has 2 fully saturated rings. The van der Waals surface area contributed by atoms with Gasteiger partial charge >= 0.3 is 6.09 Å². The van der Waals surface area contributed by atoms with Crippen LogP contribution in [0.3, 0.4) is 0 Å². The maximum absolute atomic E-state index is 14.5. The molecule has 14 heteroatoms. The molecular weight excluding hydrogens is 593 g/mol. The number of ether oxygens (including phenoxy) is 2. The van der Waals surface area contributed by atoms with Gasteiger partial charge in [-0.05, 0) is 71.1 Å². The number of hydrogen-bond donors (Lipinski definition) is 3. The number of anilines is 1. The summed E-state index contributed by atoms with van der Waals surface area (Å²) >= 11 is 0. The van der Waals surface area contributed by atoms with E-state index in [9.17, 15) is 27.9 Å². The molecule has 3 aromatic rings. The van der Waals surface area contributed by atoms with Gasteiger partial charge in [-0.2, -0.15) is 0 Å². The number of nitrogens with zero attached hydrogens (tertiary/aromatic N) is 4. The first-order chi connectivity index (χ1) is 21.2. The number of amides is 2. The number of primary amides is 1. The minimum atomic E-state index is -1.05. The van der Waals surface area contributed by atoms with E-state index in [0.29, 0.717) is 25.8 Å². The Morgan fingerprint density at radius 1 is 1.09 bits per heavy atom. The third-order valence-electron chi connectivity index (χ3n) is 6.96. The summed E-state index contributed by atoms with van der Waals surface area (Å²) in [6, 6.07) is 3.31. The number of nitrogens with two attached hydrogens (primary N) is 2. The lowest BCUT2D eigenvalue weighted by atomic mass is 9.81. The Labute approximate surface area is 260 Å². The molecule has 1 saturated carbocycles. The minimum Gasteiger partial charge on any atom is -0.485 e. The number of nitrogen functional groups attached to an aromatic ring is 1. The number of carbonyl (C=O) groups excluding carboxylic acids is 2. The molecule has 246 valence electrons. The van der Waals surface area contributed by atoms with Gasteiger partial charge in [0.1, 0.15) is 35.7 Å². The summed E-state index contributed by atoms with van der Waals surface area (Å²) < 4.78 is 52.4. The van der Waals surface area contributed by atoms with Crippen LogP contribution in [0.1, 0.15) is 77.1 Å². The second-order valence-electron chi connectivity index (χ2n) is 11.7. The maximum atomic E-state index is 14.5. The summed E-state index contributed by atoms with van der Waals surface area (Å²) in [6.07, 6.45) is 3.03. The summed E-state index contributed by atoms with van der Waals surface area (Å²) in [4.78, 5) is 36.8. The SMILES string of the molecule is CC.CC(C)(C)OC(=O)N1CCCC(F)C1.NC(=O)c1cc(-c2cc(F)c(OCC3(O)CCC3)c(F)c2)nc2c(N)ncnc12. The molecule has 2 aromatic heterocycles. The fraction of sp³-hybridized carbons (Fsp3) is 0.516. The van der Waals surface area contributed by atoms with Crippen LogP contribution in [0.25, 0.3) is 22.3 Å². The Kier molecular flexibility index (Phi) is 11.5. The van der Waals surface area contributed by atoms with Crippen LogP contribution >= 0.6 is 0 Å². The first kappa shape index (κ1) is 35.3. The van der Waals surface area contributed by atoms with Crippen molar-refractivity contribution in [1.82, 2.24) is 19.9 Å². The summed E-state index contributed by atoms with van der Waals surface area (Å²) in [5.74, 6) is -3.33. The molecule has 3 heterocycles. The molecule has 0 spiro atoms. The second-order valence-corrected chi connectivity index (χ2v) is 11.7. The van der Waals surface area contributed by atoms with Crippen LogP contribution in [0.4, 0.5) is 23.8 Å². The second kappa shape index (κ2) is 14.7. The van der Waals surface area contributed by atoms with E-state index in [4.69, 9.17) is 20.9 Å². The molecule has 1 atom stereocenters. The average molecular weight is 635 g/mol. The molecule has 0 bridgehead atoms. The summed E-state index contributed by atoms with van der Waals surface area (Å²) in [5, 5.41) is 10.0. The van der Waals surface area contributed by atoms with Gasteiger partial charge in [0, 0.05) is 12.1 Å². The van der Waals surface area contributed by atoms with Crippen molar-refractivity contribution in [2.45, 2.75) is 84.1 Å². The smallest absolute Gasteiger partial charge is 0.410 e. The lowest BCUT2D eigenvalue weighted by Gasteiger charge is -2.36. The molecule has 2 amide bonds. The van der Waals surface area contributed by atoms with Crippen LogP contribution in [0, 0.1) is 11.6 Å². The first-order valence-corrected chi connectivity index (χ1v) is 14.8. The number of rotatable bonds is 5. The van der Waals surface area contributed by atoms with E-state index >= 15 is 0 Å². The molecule has 2 aliphatic rings. The van der Waals surface area contributed by atoms with E-state index in [1.807, 2.05) is 34.6 Å².